The Morgan fingerprint density at radius 2 is 2.33 bits per heavy atom. The van der Waals surface area contributed by atoms with Crippen molar-refractivity contribution in [1.29, 1.82) is 0 Å². The number of nitrogens with zero attached hydrogens (tertiary/aromatic N) is 1. The molecule has 5 heteroatoms. The predicted molar refractivity (Wildman–Crippen MR) is 49.5 cm³/mol. The third kappa shape index (κ3) is 1.91. The van der Waals surface area contributed by atoms with E-state index in [-0.39, 0.29) is 29.6 Å². The summed E-state index contributed by atoms with van der Waals surface area (Å²) in [6.45, 7) is 1.95. The largest absolute Gasteiger partial charge is 0.461 e. The minimum Gasteiger partial charge on any atom is -0.461 e. The maximum absolute atomic E-state index is 11.7. The molecule has 1 saturated carbocycles. The number of rotatable bonds is 4. The van der Waals surface area contributed by atoms with Crippen LogP contribution in [0.5, 0.6) is 0 Å². The van der Waals surface area contributed by atoms with E-state index < -0.39 is 5.97 Å². The molecule has 1 aromatic rings. The van der Waals surface area contributed by atoms with Gasteiger partial charge in [0.25, 0.3) is 0 Å². The molecule has 0 unspecified atom stereocenters. The maximum atomic E-state index is 11.7. The highest BCUT2D eigenvalue weighted by Gasteiger charge is 2.34. The van der Waals surface area contributed by atoms with Crippen LogP contribution in [0, 0.1) is 5.92 Å². The lowest BCUT2D eigenvalue weighted by atomic mass is 10.1. The van der Waals surface area contributed by atoms with Crippen molar-refractivity contribution in [3.63, 3.8) is 0 Å². The van der Waals surface area contributed by atoms with Crippen molar-refractivity contribution >= 4 is 11.8 Å². The fourth-order valence-corrected chi connectivity index (χ4v) is 1.32. The highest BCUT2D eigenvalue weighted by molar-refractivity contribution is 6.06. The van der Waals surface area contributed by atoms with Crippen molar-refractivity contribution in [3.8, 4) is 0 Å². The van der Waals surface area contributed by atoms with Gasteiger partial charge in [-0.2, -0.15) is 0 Å². The third-order valence-corrected chi connectivity index (χ3v) is 2.25. The van der Waals surface area contributed by atoms with Crippen LogP contribution in [0.2, 0.25) is 0 Å². The van der Waals surface area contributed by atoms with E-state index >= 15 is 0 Å². The summed E-state index contributed by atoms with van der Waals surface area (Å²) in [4.78, 5) is 23.1. The summed E-state index contributed by atoms with van der Waals surface area (Å²) >= 11 is 0. The topological polar surface area (TPSA) is 69.4 Å². The number of carbonyl (C=O) groups excluding carboxylic acids is 2. The average molecular weight is 209 g/mol. The highest BCUT2D eigenvalue weighted by Crippen LogP contribution is 2.33. The molecule has 0 amide bonds. The molecule has 0 atom stereocenters. The zero-order chi connectivity index (χ0) is 10.8. The van der Waals surface area contributed by atoms with E-state index in [0.29, 0.717) is 0 Å². The molecule has 0 bridgehead atoms. The van der Waals surface area contributed by atoms with Gasteiger partial charge in [0.15, 0.2) is 5.78 Å². The zero-order valence-electron chi connectivity index (χ0n) is 8.36. The summed E-state index contributed by atoms with van der Waals surface area (Å²) < 4.78 is 9.40. The van der Waals surface area contributed by atoms with Crippen molar-refractivity contribution in [3.05, 3.63) is 17.5 Å². The number of carbonyl (C=O) groups is 2. The number of ketones is 1. The first-order valence-corrected chi connectivity index (χ1v) is 4.89. The molecule has 15 heavy (non-hydrogen) atoms. The van der Waals surface area contributed by atoms with Gasteiger partial charge < -0.3 is 9.26 Å². The van der Waals surface area contributed by atoms with Crippen LogP contribution < -0.4 is 0 Å². The molecule has 1 aromatic heterocycles. The Morgan fingerprint density at radius 3 is 2.93 bits per heavy atom. The second-order valence-electron chi connectivity index (χ2n) is 3.44. The highest BCUT2D eigenvalue weighted by atomic mass is 16.5. The van der Waals surface area contributed by atoms with E-state index in [1.807, 2.05) is 0 Å². The quantitative estimate of drug-likeness (QED) is 0.554. The first kappa shape index (κ1) is 9.89. The summed E-state index contributed by atoms with van der Waals surface area (Å²) in [5.74, 6) is -0.632. The van der Waals surface area contributed by atoms with E-state index in [0.717, 1.165) is 12.8 Å². The van der Waals surface area contributed by atoms with Gasteiger partial charge in [-0.1, -0.05) is 5.16 Å². The number of hydrogen-bond donors (Lipinski definition) is 0. The fraction of sp³-hybridized carbons (Fsp3) is 0.500. The van der Waals surface area contributed by atoms with Crippen LogP contribution >= 0.6 is 0 Å². The van der Waals surface area contributed by atoms with Crippen LogP contribution in [0.15, 0.2) is 10.8 Å². The van der Waals surface area contributed by atoms with Gasteiger partial charge in [-0.25, -0.2) is 4.79 Å². The molecule has 5 nitrogen and oxygen atoms in total. The van der Waals surface area contributed by atoms with Crippen LogP contribution in [0.25, 0.3) is 0 Å². The summed E-state index contributed by atoms with van der Waals surface area (Å²) in [7, 11) is 0. The summed E-state index contributed by atoms with van der Waals surface area (Å²) in [6.07, 6.45) is 2.98. The minimum atomic E-state index is -0.602. The van der Waals surface area contributed by atoms with Gasteiger partial charge in [-0.3, -0.25) is 4.79 Å². The van der Waals surface area contributed by atoms with Crippen LogP contribution in [-0.4, -0.2) is 23.5 Å². The van der Waals surface area contributed by atoms with Crippen molar-refractivity contribution in [2.24, 2.45) is 5.92 Å². The summed E-state index contributed by atoms with van der Waals surface area (Å²) in [6, 6.07) is 0. The molecule has 1 aliphatic carbocycles. The zero-order valence-corrected chi connectivity index (χ0v) is 8.36. The van der Waals surface area contributed by atoms with Crippen molar-refractivity contribution in [2.75, 3.05) is 6.61 Å². The van der Waals surface area contributed by atoms with Crippen molar-refractivity contribution in [2.45, 2.75) is 19.8 Å². The standard InChI is InChI=1S/C10H11NO4/c1-2-14-10(13)8-7(5-15-11-8)9(12)6-3-4-6/h5-6H,2-4H2,1H3. The molecule has 80 valence electrons. The number of hydrogen-bond acceptors (Lipinski definition) is 5. The van der Waals surface area contributed by atoms with E-state index in [2.05, 4.69) is 9.68 Å². The van der Waals surface area contributed by atoms with E-state index in [1.54, 1.807) is 6.92 Å². The Morgan fingerprint density at radius 1 is 1.60 bits per heavy atom. The van der Waals surface area contributed by atoms with Gasteiger partial charge in [-0.05, 0) is 19.8 Å². The van der Waals surface area contributed by atoms with Crippen LogP contribution in [-0.2, 0) is 4.74 Å². The third-order valence-electron chi connectivity index (χ3n) is 2.25. The lowest BCUT2D eigenvalue weighted by Gasteiger charge is -1.99. The van der Waals surface area contributed by atoms with Crippen LogP contribution in [0.4, 0.5) is 0 Å². The molecule has 0 spiro atoms. The van der Waals surface area contributed by atoms with Gasteiger partial charge >= 0.3 is 5.97 Å². The number of aromatic nitrogens is 1. The molecule has 0 saturated heterocycles. The second kappa shape index (κ2) is 3.84. The first-order valence-electron chi connectivity index (χ1n) is 4.89. The SMILES string of the molecule is CCOC(=O)c1nocc1C(=O)C1CC1. The monoisotopic (exact) mass is 209 g/mol. The molecule has 1 heterocycles. The van der Waals surface area contributed by atoms with Crippen LogP contribution in [0.1, 0.15) is 40.6 Å². The first-order chi connectivity index (χ1) is 7.24. The molecule has 0 radical (unpaired) electrons. The molecule has 2 rings (SSSR count). The fourth-order valence-electron chi connectivity index (χ4n) is 1.32. The average Bonchev–Trinajstić information content (AvgIpc) is 2.94. The van der Waals surface area contributed by atoms with Crippen LogP contribution in [0.3, 0.4) is 0 Å². The van der Waals surface area contributed by atoms with Crippen molar-refractivity contribution < 1.29 is 18.8 Å². The van der Waals surface area contributed by atoms with Gasteiger partial charge in [0.2, 0.25) is 5.69 Å². The molecule has 0 aromatic carbocycles. The van der Waals surface area contributed by atoms with Gasteiger partial charge in [0.05, 0.1) is 12.2 Å². The Labute approximate surface area is 86.4 Å². The Balaban J connectivity index is 2.20. The van der Waals surface area contributed by atoms with E-state index in [4.69, 9.17) is 4.74 Å². The minimum absolute atomic E-state index is 0.00579. The smallest absolute Gasteiger partial charge is 0.361 e. The number of ether oxygens (including phenoxy) is 1. The van der Waals surface area contributed by atoms with Gasteiger partial charge in [0, 0.05) is 5.92 Å². The Hall–Kier alpha value is -1.65. The lowest BCUT2D eigenvalue weighted by molar-refractivity contribution is 0.0511. The van der Waals surface area contributed by atoms with Crippen molar-refractivity contribution in [1.82, 2.24) is 5.16 Å². The number of esters is 1. The molecule has 0 N–H and O–H groups in total. The maximum Gasteiger partial charge on any atom is 0.361 e. The Bertz CT molecular complexity index is 392. The summed E-state index contributed by atoms with van der Waals surface area (Å²) in [5.41, 5.74) is 0.240. The van der Waals surface area contributed by atoms with Gasteiger partial charge in [0.1, 0.15) is 6.26 Å². The van der Waals surface area contributed by atoms with Gasteiger partial charge in [-0.15, -0.1) is 0 Å². The van der Waals surface area contributed by atoms with E-state index in [9.17, 15) is 9.59 Å². The number of Topliss-reactive ketones (excluding diaryl/α,β-unsaturated/α-hetero) is 1. The predicted octanol–water partition coefficient (Wildman–Crippen LogP) is 1.44. The molecular formula is C10H11NO4. The molecular weight excluding hydrogens is 198 g/mol. The Kier molecular flexibility index (Phi) is 2.53. The molecule has 0 aliphatic heterocycles. The summed E-state index contributed by atoms with van der Waals surface area (Å²) in [5, 5.41) is 3.50. The second-order valence-corrected chi connectivity index (χ2v) is 3.44. The molecule has 1 fully saturated rings. The normalized spacial score (nSPS) is 15.0. The van der Waals surface area contributed by atoms with E-state index in [1.165, 1.54) is 6.26 Å². The molecule has 1 aliphatic rings. The lowest BCUT2D eigenvalue weighted by Crippen LogP contribution is -2.11.